The van der Waals surface area contributed by atoms with Crippen LogP contribution in [0.2, 0.25) is 0 Å². The van der Waals surface area contributed by atoms with Gasteiger partial charge in [-0.3, -0.25) is 14.9 Å². The summed E-state index contributed by atoms with van der Waals surface area (Å²) in [4.78, 5) is 24.3. The molecule has 0 fully saturated rings. The van der Waals surface area contributed by atoms with Gasteiger partial charge in [-0.2, -0.15) is 5.26 Å². The molecule has 1 aromatic heterocycles. The summed E-state index contributed by atoms with van der Waals surface area (Å²) in [7, 11) is 0. The number of aryl methyl sites for hydroxylation is 1. The molecule has 2 N–H and O–H groups in total. The molecule has 1 aliphatic carbocycles. The number of hydrogen-bond acceptors (Lipinski definition) is 6. The number of rotatable bonds is 5. The van der Waals surface area contributed by atoms with Crippen molar-refractivity contribution in [1.82, 2.24) is 5.32 Å². The van der Waals surface area contributed by atoms with Gasteiger partial charge in [-0.1, -0.05) is 46.9 Å². The van der Waals surface area contributed by atoms with Gasteiger partial charge in [-0.05, 0) is 37.3 Å². The first-order valence-corrected chi connectivity index (χ1v) is 10.6. The fourth-order valence-electron chi connectivity index (χ4n) is 3.15. The Balaban J connectivity index is 1.89. The zero-order chi connectivity index (χ0) is 21.2. The number of nitriles is 1. The smallest absolute Gasteiger partial charge is 0.282 e. The molecule has 0 saturated heterocycles. The van der Waals surface area contributed by atoms with E-state index in [1.807, 2.05) is 0 Å². The number of thiophene rings is 1. The Morgan fingerprint density at radius 3 is 2.62 bits per heavy atom. The highest BCUT2D eigenvalue weighted by atomic mass is 35.6. The fourth-order valence-corrected chi connectivity index (χ4v) is 4.75. The van der Waals surface area contributed by atoms with Crippen LogP contribution < -0.4 is 10.6 Å². The topological polar surface area (TPSA) is 108 Å². The number of anilines is 1. The van der Waals surface area contributed by atoms with E-state index in [9.17, 15) is 20.2 Å². The van der Waals surface area contributed by atoms with E-state index in [1.54, 1.807) is 0 Å². The van der Waals surface area contributed by atoms with Crippen LogP contribution in [0, 0.1) is 21.4 Å². The molecule has 0 bridgehead atoms. The van der Waals surface area contributed by atoms with Gasteiger partial charge in [0.2, 0.25) is 3.79 Å². The molecule has 0 radical (unpaired) electrons. The number of benzene rings is 1. The number of hydrogen-bond donors (Lipinski definition) is 2. The number of carbonyl (C=O) groups excluding carboxylic acids is 1. The van der Waals surface area contributed by atoms with Gasteiger partial charge in [-0.25, -0.2) is 0 Å². The van der Waals surface area contributed by atoms with Crippen molar-refractivity contribution in [1.29, 1.82) is 5.26 Å². The van der Waals surface area contributed by atoms with Crippen LogP contribution in [0.5, 0.6) is 0 Å². The summed E-state index contributed by atoms with van der Waals surface area (Å²) in [6.07, 6.45) is 2.50. The van der Waals surface area contributed by atoms with Crippen molar-refractivity contribution >= 4 is 62.7 Å². The zero-order valence-electron chi connectivity index (χ0n) is 14.9. The van der Waals surface area contributed by atoms with Crippen LogP contribution in [0.25, 0.3) is 0 Å². The molecule has 1 aromatic carbocycles. The summed E-state index contributed by atoms with van der Waals surface area (Å²) >= 11 is 19.5. The molecule has 0 spiro atoms. The van der Waals surface area contributed by atoms with Crippen molar-refractivity contribution in [2.75, 3.05) is 5.32 Å². The van der Waals surface area contributed by atoms with Gasteiger partial charge >= 0.3 is 0 Å². The van der Waals surface area contributed by atoms with Crippen LogP contribution >= 0.6 is 46.1 Å². The number of carbonyl (C=O) groups is 1. The van der Waals surface area contributed by atoms with Gasteiger partial charge in [0.05, 0.1) is 10.5 Å². The predicted octanol–water partition coefficient (Wildman–Crippen LogP) is 4.94. The third-order valence-corrected chi connectivity index (χ3v) is 6.38. The Kier molecular flexibility index (Phi) is 6.54. The minimum absolute atomic E-state index is 0.162. The first-order valence-electron chi connectivity index (χ1n) is 8.64. The van der Waals surface area contributed by atoms with Crippen LogP contribution in [0.3, 0.4) is 0 Å². The highest BCUT2D eigenvalue weighted by molar-refractivity contribution is 7.16. The molecule has 1 atom stereocenters. The number of para-hydroxylation sites is 1. The van der Waals surface area contributed by atoms with Gasteiger partial charge in [0.1, 0.15) is 22.8 Å². The predicted molar refractivity (Wildman–Crippen MR) is 114 cm³/mol. The number of halogens is 3. The lowest BCUT2D eigenvalue weighted by atomic mass is 9.96. The van der Waals surface area contributed by atoms with E-state index in [-0.39, 0.29) is 11.3 Å². The van der Waals surface area contributed by atoms with E-state index in [0.717, 1.165) is 36.1 Å². The summed E-state index contributed by atoms with van der Waals surface area (Å²) in [5.41, 5.74) is 0.935. The van der Waals surface area contributed by atoms with Crippen molar-refractivity contribution in [3.8, 4) is 6.07 Å². The zero-order valence-corrected chi connectivity index (χ0v) is 18.0. The summed E-state index contributed by atoms with van der Waals surface area (Å²) in [5, 5.41) is 26.7. The Morgan fingerprint density at radius 2 is 1.97 bits per heavy atom. The van der Waals surface area contributed by atoms with E-state index in [0.29, 0.717) is 10.6 Å². The van der Waals surface area contributed by atoms with Crippen LogP contribution in [0.4, 0.5) is 10.7 Å². The van der Waals surface area contributed by atoms with Crippen LogP contribution in [0.15, 0.2) is 24.3 Å². The quantitative estimate of drug-likeness (QED) is 0.276. The van der Waals surface area contributed by atoms with E-state index in [4.69, 9.17) is 34.8 Å². The number of nitrogens with one attached hydrogen (secondary N) is 2. The standard InChI is InChI=1S/C18H15Cl3N4O3S/c19-18(20,21)17(23-15(26)11-6-1-3-7-13(11)25(27)28)24-16-12(9-22)10-5-2-4-8-14(10)29-16/h1,3,6-7,17,24H,2,4-5,8H2,(H,23,26)/t17-/m1/s1. The van der Waals surface area contributed by atoms with E-state index in [2.05, 4.69) is 16.7 Å². The SMILES string of the molecule is N#Cc1c(N[C@@H](NC(=O)c2ccccc2[N+](=O)[O-])C(Cl)(Cl)Cl)sc2c1CCCC2. The average Bonchev–Trinajstić information content (AvgIpc) is 3.03. The molecule has 2 aromatic rings. The lowest BCUT2D eigenvalue weighted by molar-refractivity contribution is -0.385. The van der Waals surface area contributed by atoms with Crippen LogP contribution in [0.1, 0.15) is 39.2 Å². The average molecular weight is 474 g/mol. The molecule has 0 saturated carbocycles. The van der Waals surface area contributed by atoms with Gasteiger partial charge < -0.3 is 10.6 Å². The highest BCUT2D eigenvalue weighted by Gasteiger charge is 2.36. The molecule has 3 rings (SSSR count). The molecular weight excluding hydrogens is 459 g/mol. The Hall–Kier alpha value is -2.05. The molecule has 0 unspecified atom stereocenters. The summed E-state index contributed by atoms with van der Waals surface area (Å²) in [5.74, 6) is -0.777. The van der Waals surface area contributed by atoms with Crippen molar-refractivity contribution in [2.24, 2.45) is 0 Å². The number of fused-ring (bicyclic) bond motifs is 1. The number of nitrogens with zero attached hydrogens (tertiary/aromatic N) is 2. The summed E-state index contributed by atoms with van der Waals surface area (Å²) in [6.45, 7) is 0. The first kappa shape index (κ1) is 21.7. The Labute approximate surface area is 185 Å². The Bertz CT molecular complexity index is 997. The molecule has 0 aliphatic heterocycles. The number of alkyl halides is 3. The molecule has 152 valence electrons. The second-order valence-corrected chi connectivity index (χ2v) is 9.87. The lowest BCUT2D eigenvalue weighted by Gasteiger charge is -2.27. The largest absolute Gasteiger partial charge is 0.352 e. The van der Waals surface area contributed by atoms with E-state index >= 15 is 0 Å². The Morgan fingerprint density at radius 1 is 1.28 bits per heavy atom. The maximum absolute atomic E-state index is 12.7. The third-order valence-electron chi connectivity index (χ3n) is 4.51. The fraction of sp³-hybridized carbons (Fsp3) is 0.333. The molecule has 1 heterocycles. The second kappa shape index (κ2) is 8.76. The van der Waals surface area contributed by atoms with Crippen molar-refractivity contribution in [3.63, 3.8) is 0 Å². The van der Waals surface area contributed by atoms with E-state index < -0.39 is 20.8 Å². The van der Waals surface area contributed by atoms with E-state index in [1.165, 1.54) is 35.6 Å². The molecular formula is C18H15Cl3N4O3S. The second-order valence-electron chi connectivity index (χ2n) is 6.39. The summed E-state index contributed by atoms with van der Waals surface area (Å²) < 4.78 is -1.98. The van der Waals surface area contributed by atoms with Gasteiger partial charge in [0, 0.05) is 10.9 Å². The molecule has 7 nitrogen and oxygen atoms in total. The highest BCUT2D eigenvalue weighted by Crippen LogP contribution is 2.40. The lowest BCUT2D eigenvalue weighted by Crippen LogP contribution is -2.49. The van der Waals surface area contributed by atoms with Gasteiger partial charge in [-0.15, -0.1) is 11.3 Å². The molecule has 29 heavy (non-hydrogen) atoms. The minimum atomic E-state index is -1.98. The van der Waals surface area contributed by atoms with Crippen molar-refractivity contribution < 1.29 is 9.72 Å². The van der Waals surface area contributed by atoms with Crippen LogP contribution in [-0.2, 0) is 12.8 Å². The number of nitro groups is 1. The number of amides is 1. The van der Waals surface area contributed by atoms with Crippen molar-refractivity contribution in [2.45, 2.75) is 35.6 Å². The molecule has 1 amide bonds. The molecule has 11 heteroatoms. The third kappa shape index (κ3) is 4.75. The number of nitro benzene ring substituents is 1. The maximum Gasteiger partial charge on any atom is 0.282 e. The minimum Gasteiger partial charge on any atom is -0.352 e. The van der Waals surface area contributed by atoms with Crippen molar-refractivity contribution in [3.05, 3.63) is 55.9 Å². The first-order chi connectivity index (χ1) is 13.7. The van der Waals surface area contributed by atoms with Gasteiger partial charge in [0.25, 0.3) is 11.6 Å². The maximum atomic E-state index is 12.7. The normalized spacial score (nSPS) is 14.4. The van der Waals surface area contributed by atoms with Crippen LogP contribution in [-0.4, -0.2) is 20.8 Å². The van der Waals surface area contributed by atoms with Gasteiger partial charge in [0.15, 0.2) is 0 Å². The summed E-state index contributed by atoms with van der Waals surface area (Å²) in [6, 6.07) is 7.67. The molecule has 1 aliphatic rings. The monoisotopic (exact) mass is 472 g/mol.